The second-order valence-corrected chi connectivity index (χ2v) is 6.19. The molecule has 0 radical (unpaired) electrons. The van der Waals surface area contributed by atoms with Gasteiger partial charge in [0.05, 0.1) is 7.05 Å². The van der Waals surface area contributed by atoms with Crippen LogP contribution in [0, 0.1) is 0 Å². The van der Waals surface area contributed by atoms with Gasteiger partial charge in [0, 0.05) is 12.1 Å². The van der Waals surface area contributed by atoms with Crippen molar-refractivity contribution in [1.29, 1.82) is 0 Å². The van der Waals surface area contributed by atoms with E-state index in [1.54, 1.807) is 11.3 Å². The van der Waals surface area contributed by atoms with Gasteiger partial charge in [0.25, 0.3) is 5.91 Å². The molecule has 1 aliphatic rings. The van der Waals surface area contributed by atoms with Crippen LogP contribution in [0.25, 0.3) is 0 Å². The van der Waals surface area contributed by atoms with Gasteiger partial charge in [-0.1, -0.05) is 6.07 Å². The van der Waals surface area contributed by atoms with Gasteiger partial charge in [-0.2, -0.15) is 11.3 Å². The molecule has 3 rings (SSSR count). The Morgan fingerprint density at radius 3 is 2.95 bits per heavy atom. The Balaban J connectivity index is 1.46. The molecule has 1 aliphatic heterocycles. The van der Waals surface area contributed by atoms with Crippen molar-refractivity contribution >= 4 is 17.2 Å². The maximum atomic E-state index is 12.0. The minimum Gasteiger partial charge on any atom is -0.454 e. The standard InChI is InChI=1S/C16H18N2O3S/c1-18(8-13-4-5-22-10-13)9-16(19)17-7-12-2-3-14-15(6-12)21-11-20-14/h2-6,10H,7-9,11H2,1H3,(H,17,19)/p+1. The van der Waals surface area contributed by atoms with Gasteiger partial charge in [0.15, 0.2) is 18.0 Å². The number of amides is 1. The molecule has 5 nitrogen and oxygen atoms in total. The van der Waals surface area contributed by atoms with Crippen molar-refractivity contribution in [2.24, 2.45) is 0 Å². The number of hydrogen-bond donors (Lipinski definition) is 2. The average Bonchev–Trinajstić information content (AvgIpc) is 3.15. The van der Waals surface area contributed by atoms with Gasteiger partial charge in [0.1, 0.15) is 6.54 Å². The number of carbonyl (C=O) groups is 1. The number of ether oxygens (including phenoxy) is 2. The van der Waals surface area contributed by atoms with Gasteiger partial charge in [-0.3, -0.25) is 4.79 Å². The van der Waals surface area contributed by atoms with Crippen LogP contribution in [0.3, 0.4) is 0 Å². The largest absolute Gasteiger partial charge is 0.454 e. The van der Waals surface area contributed by atoms with E-state index in [9.17, 15) is 4.79 Å². The first-order valence-corrected chi connectivity index (χ1v) is 8.12. The predicted molar refractivity (Wildman–Crippen MR) is 84.2 cm³/mol. The maximum absolute atomic E-state index is 12.0. The van der Waals surface area contributed by atoms with Gasteiger partial charge in [-0.15, -0.1) is 0 Å². The van der Waals surface area contributed by atoms with Crippen molar-refractivity contribution in [2.75, 3.05) is 20.4 Å². The van der Waals surface area contributed by atoms with E-state index in [4.69, 9.17) is 9.47 Å². The molecule has 2 aromatic rings. The van der Waals surface area contributed by atoms with Crippen LogP contribution >= 0.6 is 11.3 Å². The monoisotopic (exact) mass is 319 g/mol. The fourth-order valence-electron chi connectivity index (χ4n) is 2.39. The Hall–Kier alpha value is -2.05. The number of hydrogen-bond acceptors (Lipinski definition) is 4. The third kappa shape index (κ3) is 3.78. The van der Waals surface area contributed by atoms with Crippen LogP contribution in [0.2, 0.25) is 0 Å². The van der Waals surface area contributed by atoms with Crippen molar-refractivity contribution in [2.45, 2.75) is 13.1 Å². The topological polar surface area (TPSA) is 52.0 Å². The van der Waals surface area contributed by atoms with Gasteiger partial charge < -0.3 is 19.7 Å². The summed E-state index contributed by atoms with van der Waals surface area (Å²) in [7, 11) is 2.03. The molecule has 2 heterocycles. The normalized spacial score (nSPS) is 13.9. The van der Waals surface area contributed by atoms with Crippen LogP contribution in [-0.2, 0) is 17.9 Å². The third-order valence-electron chi connectivity index (χ3n) is 3.47. The zero-order valence-corrected chi connectivity index (χ0v) is 13.2. The molecule has 0 fully saturated rings. The van der Waals surface area contributed by atoms with E-state index < -0.39 is 0 Å². The van der Waals surface area contributed by atoms with Crippen molar-refractivity contribution in [3.8, 4) is 11.5 Å². The first-order valence-electron chi connectivity index (χ1n) is 7.18. The minimum atomic E-state index is 0.0467. The molecule has 0 spiro atoms. The highest BCUT2D eigenvalue weighted by atomic mass is 32.1. The molecule has 1 unspecified atom stereocenters. The number of quaternary nitrogens is 1. The number of likely N-dealkylation sites (N-methyl/N-ethyl adjacent to an activating group) is 1. The van der Waals surface area contributed by atoms with Crippen LogP contribution in [-0.4, -0.2) is 26.3 Å². The molecule has 1 amide bonds. The fourth-order valence-corrected chi connectivity index (χ4v) is 3.06. The molecule has 1 aromatic heterocycles. The summed E-state index contributed by atoms with van der Waals surface area (Å²) in [5, 5.41) is 7.12. The molecule has 1 atom stereocenters. The van der Waals surface area contributed by atoms with E-state index in [-0.39, 0.29) is 12.7 Å². The quantitative estimate of drug-likeness (QED) is 0.828. The summed E-state index contributed by atoms with van der Waals surface area (Å²) in [6.07, 6.45) is 0. The average molecular weight is 319 g/mol. The van der Waals surface area contributed by atoms with Crippen LogP contribution in [0.1, 0.15) is 11.1 Å². The number of thiophene rings is 1. The molecule has 0 saturated carbocycles. The van der Waals surface area contributed by atoms with Crippen LogP contribution in [0.5, 0.6) is 11.5 Å². The van der Waals surface area contributed by atoms with E-state index in [0.717, 1.165) is 23.6 Å². The summed E-state index contributed by atoms with van der Waals surface area (Å²) in [5.74, 6) is 1.55. The van der Waals surface area contributed by atoms with Gasteiger partial charge in [-0.05, 0) is 34.5 Å². The van der Waals surface area contributed by atoms with E-state index in [1.807, 2.05) is 25.2 Å². The summed E-state index contributed by atoms with van der Waals surface area (Å²) in [4.78, 5) is 13.2. The van der Waals surface area contributed by atoms with E-state index >= 15 is 0 Å². The summed E-state index contributed by atoms with van der Waals surface area (Å²) in [6.45, 7) is 2.09. The number of fused-ring (bicyclic) bond motifs is 1. The number of carbonyl (C=O) groups excluding carboxylic acids is 1. The van der Waals surface area contributed by atoms with Gasteiger partial charge in [0.2, 0.25) is 6.79 Å². The van der Waals surface area contributed by atoms with Gasteiger partial charge >= 0.3 is 0 Å². The summed E-state index contributed by atoms with van der Waals surface area (Å²) >= 11 is 1.68. The van der Waals surface area contributed by atoms with Crippen LogP contribution in [0.4, 0.5) is 0 Å². The molecule has 22 heavy (non-hydrogen) atoms. The Morgan fingerprint density at radius 1 is 1.27 bits per heavy atom. The summed E-state index contributed by atoms with van der Waals surface area (Å²) in [6, 6.07) is 7.82. The maximum Gasteiger partial charge on any atom is 0.275 e. The van der Waals surface area contributed by atoms with E-state index in [1.165, 1.54) is 10.5 Å². The molecular weight excluding hydrogens is 300 g/mol. The second kappa shape index (κ2) is 6.81. The predicted octanol–water partition coefficient (Wildman–Crippen LogP) is 0.808. The lowest BCUT2D eigenvalue weighted by atomic mass is 10.2. The highest BCUT2D eigenvalue weighted by Gasteiger charge is 2.14. The number of nitrogens with one attached hydrogen (secondary N) is 2. The highest BCUT2D eigenvalue weighted by Crippen LogP contribution is 2.32. The minimum absolute atomic E-state index is 0.0467. The first kappa shape index (κ1) is 14.9. The summed E-state index contributed by atoms with van der Waals surface area (Å²) < 4.78 is 10.6. The molecule has 0 saturated heterocycles. The van der Waals surface area contributed by atoms with Crippen molar-refractivity contribution in [3.63, 3.8) is 0 Å². The van der Waals surface area contributed by atoms with Crippen LogP contribution in [0.15, 0.2) is 35.0 Å². The molecule has 2 N–H and O–H groups in total. The molecule has 0 bridgehead atoms. The number of rotatable bonds is 6. The SMILES string of the molecule is C[NH+](CC(=O)NCc1ccc2c(c1)OCO2)Cc1ccsc1. The fraction of sp³-hybridized carbons (Fsp3) is 0.312. The van der Waals surface area contributed by atoms with Crippen molar-refractivity contribution in [1.82, 2.24) is 5.32 Å². The lowest BCUT2D eigenvalue weighted by molar-refractivity contribution is -0.885. The lowest BCUT2D eigenvalue weighted by Crippen LogP contribution is -3.08. The molecule has 1 aromatic carbocycles. The zero-order valence-electron chi connectivity index (χ0n) is 12.4. The van der Waals surface area contributed by atoms with Crippen molar-refractivity contribution in [3.05, 3.63) is 46.2 Å². The molecule has 0 aliphatic carbocycles. The van der Waals surface area contributed by atoms with Gasteiger partial charge in [-0.25, -0.2) is 0 Å². The number of benzene rings is 1. The van der Waals surface area contributed by atoms with Crippen LogP contribution < -0.4 is 19.7 Å². The molecule has 6 heteroatoms. The summed E-state index contributed by atoms with van der Waals surface area (Å²) in [5.41, 5.74) is 2.28. The third-order valence-corrected chi connectivity index (χ3v) is 4.21. The molecular formula is C16H19N2O3S+. The Bertz CT molecular complexity index is 643. The Kier molecular flexibility index (Phi) is 4.60. The van der Waals surface area contributed by atoms with E-state index in [2.05, 4.69) is 22.1 Å². The first-order chi connectivity index (χ1) is 10.7. The second-order valence-electron chi connectivity index (χ2n) is 5.41. The van der Waals surface area contributed by atoms with E-state index in [0.29, 0.717) is 13.1 Å². The smallest absolute Gasteiger partial charge is 0.275 e. The Labute approximate surface area is 133 Å². The lowest BCUT2D eigenvalue weighted by Gasteiger charge is -2.13. The van der Waals surface area contributed by atoms with Crippen molar-refractivity contribution < 1.29 is 19.2 Å². The Morgan fingerprint density at radius 2 is 2.14 bits per heavy atom. The molecule has 116 valence electrons. The highest BCUT2D eigenvalue weighted by molar-refractivity contribution is 7.07. The zero-order chi connectivity index (χ0) is 15.4.